The number of benzene rings is 1. The molecule has 126 valence electrons. The highest BCUT2D eigenvalue weighted by atomic mass is 16.5. The number of nitrogens with one attached hydrogen (secondary N) is 1. The molecule has 0 unspecified atom stereocenters. The van der Waals surface area contributed by atoms with Crippen LogP contribution in [0.2, 0.25) is 0 Å². The Morgan fingerprint density at radius 2 is 1.59 bits per heavy atom. The van der Waals surface area contributed by atoms with E-state index in [1.54, 1.807) is 33.5 Å². The molecular formula is C16H28N2O4. The van der Waals surface area contributed by atoms with Gasteiger partial charge in [0.1, 0.15) is 17.2 Å². The van der Waals surface area contributed by atoms with Gasteiger partial charge >= 0.3 is 0 Å². The quantitative estimate of drug-likeness (QED) is 0.805. The summed E-state index contributed by atoms with van der Waals surface area (Å²) in [5, 5.41) is 2.85. The van der Waals surface area contributed by atoms with Crippen LogP contribution in [0.4, 0.5) is 0 Å². The SMILES string of the molecule is CCCC(=O)NCc1c(OC)cc(OC)cc1OC.CCN. The van der Waals surface area contributed by atoms with E-state index in [-0.39, 0.29) is 5.91 Å². The summed E-state index contributed by atoms with van der Waals surface area (Å²) in [6.45, 7) is 4.99. The summed E-state index contributed by atoms with van der Waals surface area (Å²) in [6, 6.07) is 3.54. The van der Waals surface area contributed by atoms with Gasteiger partial charge in [0.05, 0.1) is 33.4 Å². The molecule has 0 aliphatic heterocycles. The standard InChI is InChI=1S/C14H21NO4.C2H7N/c1-5-6-14(16)15-9-11-12(18-3)7-10(17-2)8-13(11)19-4;1-2-3/h7-8H,5-6,9H2,1-4H3,(H,15,16);2-3H2,1H3. The zero-order chi connectivity index (χ0) is 17.0. The molecule has 6 nitrogen and oxygen atoms in total. The number of amides is 1. The van der Waals surface area contributed by atoms with Gasteiger partial charge in [-0.05, 0) is 13.0 Å². The van der Waals surface area contributed by atoms with Crippen LogP contribution in [-0.2, 0) is 11.3 Å². The van der Waals surface area contributed by atoms with Crippen molar-refractivity contribution in [2.24, 2.45) is 5.73 Å². The Morgan fingerprint density at radius 3 is 1.95 bits per heavy atom. The summed E-state index contributed by atoms with van der Waals surface area (Å²) in [5.74, 6) is 1.93. The lowest BCUT2D eigenvalue weighted by Crippen LogP contribution is -2.22. The molecule has 6 heteroatoms. The molecule has 0 heterocycles. The second-order valence-corrected chi connectivity index (χ2v) is 4.45. The van der Waals surface area contributed by atoms with Crippen molar-refractivity contribution in [1.29, 1.82) is 0 Å². The molecule has 0 fully saturated rings. The molecule has 0 aromatic heterocycles. The minimum Gasteiger partial charge on any atom is -0.496 e. The summed E-state index contributed by atoms with van der Waals surface area (Å²) in [7, 11) is 4.73. The Morgan fingerprint density at radius 1 is 1.09 bits per heavy atom. The maximum absolute atomic E-state index is 11.5. The van der Waals surface area contributed by atoms with Crippen molar-refractivity contribution >= 4 is 5.91 Å². The van der Waals surface area contributed by atoms with Gasteiger partial charge < -0.3 is 25.3 Å². The molecule has 0 aliphatic carbocycles. The van der Waals surface area contributed by atoms with E-state index in [1.165, 1.54) is 0 Å². The number of methoxy groups -OCH3 is 3. The lowest BCUT2D eigenvalue weighted by Gasteiger charge is -2.15. The molecule has 1 aromatic rings. The van der Waals surface area contributed by atoms with Crippen molar-refractivity contribution in [3.63, 3.8) is 0 Å². The van der Waals surface area contributed by atoms with Crippen molar-refractivity contribution in [1.82, 2.24) is 5.32 Å². The molecule has 0 atom stereocenters. The molecule has 0 aliphatic rings. The summed E-state index contributed by atoms with van der Waals surface area (Å²) in [4.78, 5) is 11.5. The van der Waals surface area contributed by atoms with E-state index in [0.29, 0.717) is 30.2 Å². The van der Waals surface area contributed by atoms with Crippen molar-refractivity contribution in [3.8, 4) is 17.2 Å². The van der Waals surface area contributed by atoms with Crippen LogP contribution in [0.3, 0.4) is 0 Å². The third kappa shape index (κ3) is 6.67. The lowest BCUT2D eigenvalue weighted by atomic mass is 10.1. The van der Waals surface area contributed by atoms with Gasteiger partial charge in [-0.3, -0.25) is 4.79 Å². The zero-order valence-electron chi connectivity index (χ0n) is 14.2. The third-order valence-corrected chi connectivity index (χ3v) is 2.76. The Hall–Kier alpha value is -1.95. The number of carbonyl (C=O) groups is 1. The first-order chi connectivity index (χ1) is 10.6. The maximum atomic E-state index is 11.5. The van der Waals surface area contributed by atoms with Crippen LogP contribution in [0.25, 0.3) is 0 Å². The van der Waals surface area contributed by atoms with Gasteiger partial charge in [-0.25, -0.2) is 0 Å². The van der Waals surface area contributed by atoms with Gasteiger partial charge in [0.25, 0.3) is 0 Å². The molecule has 0 saturated heterocycles. The monoisotopic (exact) mass is 312 g/mol. The van der Waals surface area contributed by atoms with Gasteiger partial charge in [-0.1, -0.05) is 13.8 Å². The predicted molar refractivity (Wildman–Crippen MR) is 87.6 cm³/mol. The molecular weight excluding hydrogens is 284 g/mol. The number of rotatable bonds is 7. The fourth-order valence-electron chi connectivity index (χ4n) is 1.75. The Kier molecular flexibility index (Phi) is 10.6. The van der Waals surface area contributed by atoms with Crippen LogP contribution in [0.5, 0.6) is 17.2 Å². The van der Waals surface area contributed by atoms with E-state index in [4.69, 9.17) is 19.9 Å². The van der Waals surface area contributed by atoms with Crippen LogP contribution in [0, 0.1) is 0 Å². The van der Waals surface area contributed by atoms with Crippen LogP contribution in [-0.4, -0.2) is 33.8 Å². The molecule has 22 heavy (non-hydrogen) atoms. The molecule has 0 saturated carbocycles. The van der Waals surface area contributed by atoms with Gasteiger partial charge in [0, 0.05) is 18.6 Å². The van der Waals surface area contributed by atoms with Crippen LogP contribution in [0.1, 0.15) is 32.3 Å². The van der Waals surface area contributed by atoms with Crippen molar-refractivity contribution in [2.75, 3.05) is 27.9 Å². The second kappa shape index (κ2) is 11.7. The summed E-state index contributed by atoms with van der Waals surface area (Å²) in [6.07, 6.45) is 1.34. The Balaban J connectivity index is 0.00000135. The molecule has 0 radical (unpaired) electrons. The topological polar surface area (TPSA) is 82.8 Å². The highest BCUT2D eigenvalue weighted by Crippen LogP contribution is 2.33. The smallest absolute Gasteiger partial charge is 0.220 e. The van der Waals surface area contributed by atoms with Gasteiger partial charge in [0.15, 0.2) is 0 Å². The first kappa shape index (κ1) is 20.1. The molecule has 1 aromatic carbocycles. The Bertz CT molecular complexity index is 425. The maximum Gasteiger partial charge on any atom is 0.220 e. The minimum absolute atomic E-state index is 0.0161. The summed E-state index contributed by atoms with van der Waals surface area (Å²) < 4.78 is 15.8. The molecule has 3 N–H and O–H groups in total. The summed E-state index contributed by atoms with van der Waals surface area (Å²) >= 11 is 0. The minimum atomic E-state index is 0.0161. The van der Waals surface area contributed by atoms with Crippen molar-refractivity contribution in [3.05, 3.63) is 17.7 Å². The fraction of sp³-hybridized carbons (Fsp3) is 0.562. The third-order valence-electron chi connectivity index (χ3n) is 2.76. The van der Waals surface area contributed by atoms with E-state index in [9.17, 15) is 4.79 Å². The summed E-state index contributed by atoms with van der Waals surface area (Å²) in [5.41, 5.74) is 5.65. The number of hydrogen-bond acceptors (Lipinski definition) is 5. The second-order valence-electron chi connectivity index (χ2n) is 4.45. The van der Waals surface area contributed by atoms with Crippen molar-refractivity contribution in [2.45, 2.75) is 33.2 Å². The van der Waals surface area contributed by atoms with Gasteiger partial charge in [0.2, 0.25) is 5.91 Å². The average Bonchev–Trinajstić information content (AvgIpc) is 2.53. The zero-order valence-corrected chi connectivity index (χ0v) is 14.2. The fourth-order valence-corrected chi connectivity index (χ4v) is 1.75. The first-order valence-corrected chi connectivity index (χ1v) is 7.33. The number of carbonyl (C=O) groups excluding carboxylic acids is 1. The van der Waals surface area contributed by atoms with E-state index in [1.807, 2.05) is 13.8 Å². The van der Waals surface area contributed by atoms with Gasteiger partial charge in [-0.15, -0.1) is 0 Å². The average molecular weight is 312 g/mol. The van der Waals surface area contributed by atoms with Gasteiger partial charge in [-0.2, -0.15) is 0 Å². The first-order valence-electron chi connectivity index (χ1n) is 7.33. The largest absolute Gasteiger partial charge is 0.496 e. The molecule has 1 amide bonds. The number of hydrogen-bond donors (Lipinski definition) is 2. The number of ether oxygens (including phenoxy) is 3. The van der Waals surface area contributed by atoms with E-state index in [0.717, 1.165) is 18.5 Å². The van der Waals surface area contributed by atoms with E-state index < -0.39 is 0 Å². The van der Waals surface area contributed by atoms with Crippen LogP contribution < -0.4 is 25.3 Å². The van der Waals surface area contributed by atoms with E-state index >= 15 is 0 Å². The van der Waals surface area contributed by atoms with Crippen LogP contribution >= 0.6 is 0 Å². The Labute approximate surface area is 132 Å². The lowest BCUT2D eigenvalue weighted by molar-refractivity contribution is -0.121. The number of nitrogens with two attached hydrogens (primary N) is 1. The van der Waals surface area contributed by atoms with Crippen molar-refractivity contribution < 1.29 is 19.0 Å². The predicted octanol–water partition coefficient (Wildman–Crippen LogP) is 2.09. The normalized spacial score (nSPS) is 9.36. The molecule has 0 spiro atoms. The highest BCUT2D eigenvalue weighted by Gasteiger charge is 2.13. The highest BCUT2D eigenvalue weighted by molar-refractivity contribution is 5.76. The van der Waals surface area contributed by atoms with Crippen LogP contribution in [0.15, 0.2) is 12.1 Å². The molecule has 0 bridgehead atoms. The van der Waals surface area contributed by atoms with E-state index in [2.05, 4.69) is 5.32 Å². The molecule has 1 rings (SSSR count).